The van der Waals surface area contributed by atoms with Gasteiger partial charge in [-0.2, -0.15) is 5.21 Å². The Labute approximate surface area is 267 Å². The Hall–Kier alpha value is -5.26. The van der Waals surface area contributed by atoms with E-state index in [9.17, 15) is 9.59 Å². The van der Waals surface area contributed by atoms with Gasteiger partial charge in [0.25, 0.3) is 5.56 Å². The Morgan fingerprint density at radius 3 is 2.43 bits per heavy atom. The second-order valence-corrected chi connectivity index (χ2v) is 11.4. The van der Waals surface area contributed by atoms with Crippen LogP contribution >= 0.6 is 0 Å². The predicted octanol–water partition coefficient (Wildman–Crippen LogP) is 4.80. The third kappa shape index (κ3) is 7.87. The van der Waals surface area contributed by atoms with Crippen molar-refractivity contribution in [3.63, 3.8) is 0 Å². The minimum absolute atomic E-state index is 0.00694. The Morgan fingerprint density at radius 1 is 1.02 bits per heavy atom. The molecule has 5 aromatic rings. The summed E-state index contributed by atoms with van der Waals surface area (Å²) in [5, 5.41) is 17.4. The third-order valence-corrected chi connectivity index (χ3v) is 7.44. The molecule has 12 nitrogen and oxygen atoms in total. The van der Waals surface area contributed by atoms with E-state index in [1.54, 1.807) is 6.92 Å². The minimum Gasteiger partial charge on any atom is -0.490 e. The lowest BCUT2D eigenvalue weighted by atomic mass is 9.96. The molecule has 1 amide bonds. The van der Waals surface area contributed by atoms with Crippen LogP contribution in [0.3, 0.4) is 0 Å². The average molecular weight is 622 g/mol. The van der Waals surface area contributed by atoms with Gasteiger partial charge in [0.15, 0.2) is 5.75 Å². The number of unbranched alkanes of at least 4 members (excludes halogenated alkanes) is 1. The fourth-order valence-electron chi connectivity index (χ4n) is 5.21. The monoisotopic (exact) mass is 621 g/mol. The number of nitrogens with one attached hydrogen (secondary N) is 2. The van der Waals surface area contributed by atoms with Gasteiger partial charge < -0.3 is 10.1 Å². The van der Waals surface area contributed by atoms with Gasteiger partial charge in [-0.25, -0.2) is 19.5 Å². The summed E-state index contributed by atoms with van der Waals surface area (Å²) in [4.78, 5) is 39.6. The Bertz CT molecular complexity index is 1800. The van der Waals surface area contributed by atoms with Crippen molar-refractivity contribution < 1.29 is 9.53 Å². The normalized spacial score (nSPS) is 11.2. The van der Waals surface area contributed by atoms with Gasteiger partial charge in [0.05, 0.1) is 24.7 Å². The summed E-state index contributed by atoms with van der Waals surface area (Å²) in [6, 6.07) is 16.2. The molecule has 0 aliphatic rings. The lowest BCUT2D eigenvalue weighted by Gasteiger charge is -2.15. The average Bonchev–Trinajstić information content (AvgIpc) is 3.59. The van der Waals surface area contributed by atoms with Gasteiger partial charge in [-0.1, -0.05) is 61.9 Å². The summed E-state index contributed by atoms with van der Waals surface area (Å²) in [7, 11) is 0. The first-order valence-corrected chi connectivity index (χ1v) is 15.6. The van der Waals surface area contributed by atoms with Gasteiger partial charge in [-0.05, 0) is 61.9 Å². The van der Waals surface area contributed by atoms with E-state index in [2.05, 4.69) is 42.8 Å². The number of rotatable bonds is 14. The van der Waals surface area contributed by atoms with E-state index >= 15 is 0 Å². The van der Waals surface area contributed by atoms with Crippen molar-refractivity contribution in [3.8, 4) is 34.2 Å². The first-order chi connectivity index (χ1) is 22.3. The smallest absolute Gasteiger partial charge is 0.264 e. The number of H-pyrrole nitrogens is 1. The highest BCUT2D eigenvalue weighted by atomic mass is 16.5. The van der Waals surface area contributed by atoms with Crippen LogP contribution in [0.5, 0.6) is 5.75 Å². The van der Waals surface area contributed by atoms with Crippen molar-refractivity contribution in [1.82, 2.24) is 45.5 Å². The molecule has 0 fully saturated rings. The number of nitrogens with zero attached hydrogens (tertiary/aromatic N) is 7. The fourth-order valence-corrected chi connectivity index (χ4v) is 5.21. The highest BCUT2D eigenvalue weighted by Gasteiger charge is 2.18. The van der Waals surface area contributed by atoms with Crippen LogP contribution in [0.25, 0.3) is 28.5 Å². The lowest BCUT2D eigenvalue weighted by molar-refractivity contribution is -0.121. The van der Waals surface area contributed by atoms with E-state index in [0.717, 1.165) is 40.8 Å². The van der Waals surface area contributed by atoms with E-state index in [-0.39, 0.29) is 23.5 Å². The van der Waals surface area contributed by atoms with Gasteiger partial charge >= 0.3 is 0 Å². The summed E-state index contributed by atoms with van der Waals surface area (Å²) in [6.45, 7) is 8.13. The SMILES string of the molecule is CCCCc1nc(C)n(-c2ncc(OCCCC(=O)NC(C)C)cn2)c(=O)c1Cc1ccc(-c2ccccc2-c2nn[nH]n2)cc1. The highest BCUT2D eigenvalue weighted by molar-refractivity contribution is 5.80. The molecule has 0 spiro atoms. The molecular formula is C34H39N9O3. The Balaban J connectivity index is 1.36. The predicted molar refractivity (Wildman–Crippen MR) is 175 cm³/mol. The fraction of sp³-hybridized carbons (Fsp3) is 0.353. The van der Waals surface area contributed by atoms with E-state index < -0.39 is 0 Å². The van der Waals surface area contributed by atoms with Crippen molar-refractivity contribution in [2.24, 2.45) is 0 Å². The summed E-state index contributed by atoms with van der Waals surface area (Å²) >= 11 is 0. The molecule has 2 aromatic carbocycles. The van der Waals surface area contributed by atoms with Crippen LogP contribution in [-0.4, -0.2) is 58.7 Å². The summed E-state index contributed by atoms with van der Waals surface area (Å²) < 4.78 is 7.19. The molecule has 2 N–H and O–H groups in total. The molecule has 0 atom stereocenters. The van der Waals surface area contributed by atoms with E-state index in [1.807, 2.05) is 62.4 Å². The molecule has 0 aliphatic carbocycles. The second-order valence-electron chi connectivity index (χ2n) is 11.4. The number of aromatic amines is 1. The molecule has 3 heterocycles. The van der Waals surface area contributed by atoms with Crippen molar-refractivity contribution in [2.45, 2.75) is 72.3 Å². The number of tetrazole rings is 1. The molecular weight excluding hydrogens is 582 g/mol. The van der Waals surface area contributed by atoms with Crippen molar-refractivity contribution in [2.75, 3.05) is 6.61 Å². The summed E-state index contributed by atoms with van der Waals surface area (Å²) in [5.41, 5.74) is 5.09. The summed E-state index contributed by atoms with van der Waals surface area (Å²) in [6.07, 6.45) is 7.07. The van der Waals surface area contributed by atoms with E-state index in [4.69, 9.17) is 9.72 Å². The number of aryl methyl sites for hydroxylation is 2. The van der Waals surface area contributed by atoms with Crippen LogP contribution in [0.4, 0.5) is 0 Å². The molecule has 0 saturated heterocycles. The zero-order valence-corrected chi connectivity index (χ0v) is 26.7. The van der Waals surface area contributed by atoms with Crippen LogP contribution in [0.1, 0.15) is 69.1 Å². The van der Waals surface area contributed by atoms with Crippen LogP contribution in [0.15, 0.2) is 65.7 Å². The largest absolute Gasteiger partial charge is 0.490 e. The standard InChI is InChI=1S/C34H39N9O3/c1-5-6-12-30-29(19-24-14-16-25(17-15-24)27-10-7-8-11-28(27)32-39-41-42-40-32)33(45)43(23(4)38-30)34-35-20-26(21-36-34)46-18-9-13-31(44)37-22(2)3/h7-8,10-11,14-17,20-22H,5-6,9,12-13,18-19H2,1-4H3,(H,37,44)(H,39,40,41,42). The molecule has 238 valence electrons. The molecule has 0 aliphatic heterocycles. The third-order valence-electron chi connectivity index (χ3n) is 7.44. The molecule has 46 heavy (non-hydrogen) atoms. The molecule has 0 unspecified atom stereocenters. The highest BCUT2D eigenvalue weighted by Crippen LogP contribution is 2.30. The van der Waals surface area contributed by atoms with Gasteiger partial charge in [0.2, 0.25) is 17.7 Å². The molecule has 5 rings (SSSR count). The zero-order chi connectivity index (χ0) is 32.5. The van der Waals surface area contributed by atoms with Crippen molar-refractivity contribution in [1.29, 1.82) is 0 Å². The number of hydrogen-bond donors (Lipinski definition) is 2. The number of amides is 1. The first-order valence-electron chi connectivity index (χ1n) is 15.6. The van der Waals surface area contributed by atoms with Crippen LogP contribution in [-0.2, 0) is 17.6 Å². The van der Waals surface area contributed by atoms with Gasteiger partial charge in [0, 0.05) is 30.0 Å². The minimum atomic E-state index is -0.185. The maximum atomic E-state index is 14.0. The quantitative estimate of drug-likeness (QED) is 0.167. The maximum absolute atomic E-state index is 14.0. The van der Waals surface area contributed by atoms with Crippen molar-refractivity contribution in [3.05, 3.63) is 93.9 Å². The number of aromatic nitrogens is 8. The number of hydrogen-bond acceptors (Lipinski definition) is 9. The lowest BCUT2D eigenvalue weighted by Crippen LogP contribution is -2.30. The van der Waals surface area contributed by atoms with Crippen LogP contribution < -0.4 is 15.6 Å². The zero-order valence-electron chi connectivity index (χ0n) is 26.7. The Morgan fingerprint density at radius 2 is 1.76 bits per heavy atom. The number of carbonyl (C=O) groups excluding carboxylic acids is 1. The van der Waals surface area contributed by atoms with Crippen LogP contribution in [0.2, 0.25) is 0 Å². The molecule has 3 aromatic heterocycles. The topological polar surface area (TPSA) is 153 Å². The van der Waals surface area contributed by atoms with Crippen molar-refractivity contribution >= 4 is 5.91 Å². The number of carbonyl (C=O) groups is 1. The molecule has 0 bridgehead atoms. The second kappa shape index (κ2) is 15.2. The van der Waals surface area contributed by atoms with Gasteiger partial charge in [-0.15, -0.1) is 10.2 Å². The number of benzene rings is 2. The molecule has 12 heteroatoms. The molecule has 0 saturated carbocycles. The first kappa shape index (κ1) is 32.1. The molecule has 0 radical (unpaired) electrons. The van der Waals surface area contributed by atoms with Gasteiger partial charge in [0.1, 0.15) is 5.82 Å². The summed E-state index contributed by atoms with van der Waals surface area (Å²) in [5.74, 6) is 1.74. The Kier molecular flexibility index (Phi) is 10.6. The van der Waals surface area contributed by atoms with Gasteiger partial charge in [-0.3, -0.25) is 9.59 Å². The van der Waals surface area contributed by atoms with E-state index in [0.29, 0.717) is 55.3 Å². The van der Waals surface area contributed by atoms with E-state index in [1.165, 1.54) is 17.0 Å². The number of ether oxygens (including phenoxy) is 1. The maximum Gasteiger partial charge on any atom is 0.264 e. The van der Waals surface area contributed by atoms with Crippen LogP contribution in [0, 0.1) is 6.92 Å².